The Morgan fingerprint density at radius 3 is 3.00 bits per heavy atom. The largest absolute Gasteiger partial charge is 0.382 e. The second-order valence-corrected chi connectivity index (χ2v) is 3.37. The standard InChI is InChI=1S/C11H14N4O2/c1-3-9(16)13-6-4-5-8-7-15(2)11(17)14-10(8)12/h7H,3,6H2,1-2H3,(H,13,16)(H2,12,14,17). The van der Waals surface area contributed by atoms with E-state index in [0.717, 1.165) is 0 Å². The summed E-state index contributed by atoms with van der Waals surface area (Å²) in [7, 11) is 1.57. The number of nitrogens with two attached hydrogens (primary N) is 1. The molecule has 0 bridgehead atoms. The Labute approximate surface area is 98.8 Å². The number of amides is 1. The fourth-order valence-electron chi connectivity index (χ4n) is 1.06. The van der Waals surface area contributed by atoms with Gasteiger partial charge in [-0.25, -0.2) is 4.79 Å². The topological polar surface area (TPSA) is 90.0 Å². The first-order valence-electron chi connectivity index (χ1n) is 5.13. The summed E-state index contributed by atoms with van der Waals surface area (Å²) in [6.07, 6.45) is 1.94. The van der Waals surface area contributed by atoms with Crippen LogP contribution >= 0.6 is 0 Å². The highest BCUT2D eigenvalue weighted by Gasteiger charge is 2.00. The van der Waals surface area contributed by atoms with Crippen molar-refractivity contribution in [2.24, 2.45) is 7.05 Å². The van der Waals surface area contributed by atoms with Crippen LogP contribution in [0.1, 0.15) is 18.9 Å². The van der Waals surface area contributed by atoms with E-state index in [1.165, 1.54) is 10.8 Å². The first-order chi connectivity index (χ1) is 8.04. The Bertz CT molecular complexity index is 537. The quantitative estimate of drug-likeness (QED) is 0.658. The molecule has 0 unspecified atom stereocenters. The Balaban J connectivity index is 2.76. The molecule has 3 N–H and O–H groups in total. The molecular weight excluding hydrogens is 220 g/mol. The second kappa shape index (κ2) is 5.70. The van der Waals surface area contributed by atoms with Crippen LogP contribution in [0.15, 0.2) is 11.0 Å². The number of anilines is 1. The van der Waals surface area contributed by atoms with Crippen LogP contribution in [0.2, 0.25) is 0 Å². The summed E-state index contributed by atoms with van der Waals surface area (Å²) in [6.45, 7) is 2.01. The van der Waals surface area contributed by atoms with Gasteiger partial charge in [-0.05, 0) is 0 Å². The first kappa shape index (κ1) is 12.8. The van der Waals surface area contributed by atoms with Gasteiger partial charge in [0.25, 0.3) is 0 Å². The van der Waals surface area contributed by atoms with Crippen molar-refractivity contribution in [1.82, 2.24) is 14.9 Å². The number of nitrogen functional groups attached to an aromatic ring is 1. The fourth-order valence-corrected chi connectivity index (χ4v) is 1.06. The summed E-state index contributed by atoms with van der Waals surface area (Å²) in [5, 5.41) is 2.61. The number of aromatic nitrogens is 2. The average molecular weight is 234 g/mol. The van der Waals surface area contributed by atoms with Crippen molar-refractivity contribution in [2.45, 2.75) is 13.3 Å². The van der Waals surface area contributed by atoms with Crippen molar-refractivity contribution >= 4 is 11.7 Å². The normalized spacial score (nSPS) is 9.29. The molecule has 1 heterocycles. The molecule has 1 rings (SSSR count). The fraction of sp³-hybridized carbons (Fsp3) is 0.364. The van der Waals surface area contributed by atoms with Gasteiger partial charge in [0, 0.05) is 19.7 Å². The van der Waals surface area contributed by atoms with Gasteiger partial charge < -0.3 is 15.6 Å². The molecule has 0 spiro atoms. The summed E-state index contributed by atoms with van der Waals surface area (Å²) in [5.74, 6) is 5.52. The zero-order chi connectivity index (χ0) is 12.8. The average Bonchev–Trinajstić information content (AvgIpc) is 2.30. The maximum atomic E-state index is 11.1. The van der Waals surface area contributed by atoms with Gasteiger partial charge in [-0.3, -0.25) is 4.79 Å². The van der Waals surface area contributed by atoms with Crippen LogP contribution in [-0.2, 0) is 11.8 Å². The molecule has 17 heavy (non-hydrogen) atoms. The lowest BCUT2D eigenvalue weighted by Crippen LogP contribution is -2.22. The molecule has 0 atom stereocenters. The molecule has 0 aliphatic heterocycles. The van der Waals surface area contributed by atoms with Gasteiger partial charge in [0.15, 0.2) is 0 Å². The molecule has 1 aromatic heterocycles. The van der Waals surface area contributed by atoms with E-state index in [1.807, 2.05) is 0 Å². The zero-order valence-corrected chi connectivity index (χ0v) is 9.78. The number of rotatable bonds is 2. The molecule has 0 fully saturated rings. The van der Waals surface area contributed by atoms with E-state index in [-0.39, 0.29) is 18.3 Å². The maximum Gasteiger partial charge on any atom is 0.349 e. The van der Waals surface area contributed by atoms with Gasteiger partial charge in [0.2, 0.25) is 5.91 Å². The predicted octanol–water partition coefficient (Wildman–Crippen LogP) is -0.760. The minimum Gasteiger partial charge on any atom is -0.382 e. The van der Waals surface area contributed by atoms with Crippen LogP contribution in [0.25, 0.3) is 0 Å². The molecule has 90 valence electrons. The van der Waals surface area contributed by atoms with Crippen LogP contribution in [0.4, 0.5) is 5.82 Å². The molecule has 0 aliphatic carbocycles. The number of aryl methyl sites for hydroxylation is 1. The highest BCUT2D eigenvalue weighted by Crippen LogP contribution is 2.00. The van der Waals surface area contributed by atoms with Crippen LogP contribution in [0.3, 0.4) is 0 Å². The summed E-state index contributed by atoms with van der Waals surface area (Å²) in [5.41, 5.74) is 5.59. The Hall–Kier alpha value is -2.29. The minimum absolute atomic E-state index is 0.0640. The molecule has 0 aliphatic rings. The third-order valence-electron chi connectivity index (χ3n) is 2.03. The molecule has 6 heteroatoms. The molecule has 0 saturated carbocycles. The third kappa shape index (κ3) is 3.65. The van der Waals surface area contributed by atoms with Crippen molar-refractivity contribution in [3.63, 3.8) is 0 Å². The number of nitrogens with zero attached hydrogens (tertiary/aromatic N) is 2. The van der Waals surface area contributed by atoms with Gasteiger partial charge in [-0.2, -0.15) is 4.98 Å². The molecule has 0 aromatic carbocycles. The van der Waals surface area contributed by atoms with Crippen molar-refractivity contribution in [3.8, 4) is 11.8 Å². The van der Waals surface area contributed by atoms with Crippen molar-refractivity contribution in [2.75, 3.05) is 12.3 Å². The lowest BCUT2D eigenvalue weighted by atomic mass is 10.3. The molecule has 6 nitrogen and oxygen atoms in total. The lowest BCUT2D eigenvalue weighted by Gasteiger charge is -2.00. The minimum atomic E-state index is -0.424. The van der Waals surface area contributed by atoms with E-state index >= 15 is 0 Å². The Kier molecular flexibility index (Phi) is 4.29. The van der Waals surface area contributed by atoms with Gasteiger partial charge >= 0.3 is 5.69 Å². The highest BCUT2D eigenvalue weighted by molar-refractivity contribution is 5.75. The van der Waals surface area contributed by atoms with Crippen LogP contribution in [-0.4, -0.2) is 22.0 Å². The van der Waals surface area contributed by atoms with E-state index < -0.39 is 5.69 Å². The predicted molar refractivity (Wildman–Crippen MR) is 64.1 cm³/mol. The maximum absolute atomic E-state index is 11.1. The van der Waals surface area contributed by atoms with Crippen LogP contribution < -0.4 is 16.7 Å². The van der Waals surface area contributed by atoms with Gasteiger partial charge in [0.05, 0.1) is 12.1 Å². The van der Waals surface area contributed by atoms with E-state index in [9.17, 15) is 9.59 Å². The zero-order valence-electron chi connectivity index (χ0n) is 9.78. The van der Waals surface area contributed by atoms with Gasteiger partial charge in [0.1, 0.15) is 5.82 Å². The summed E-state index contributed by atoms with van der Waals surface area (Å²) in [4.78, 5) is 25.6. The van der Waals surface area contributed by atoms with Crippen molar-refractivity contribution in [1.29, 1.82) is 0 Å². The van der Waals surface area contributed by atoms with Gasteiger partial charge in [-0.15, -0.1) is 0 Å². The third-order valence-corrected chi connectivity index (χ3v) is 2.03. The molecule has 0 radical (unpaired) electrons. The van der Waals surface area contributed by atoms with Crippen molar-refractivity contribution in [3.05, 3.63) is 22.2 Å². The number of hydrogen-bond acceptors (Lipinski definition) is 4. The summed E-state index contributed by atoms with van der Waals surface area (Å²) >= 11 is 0. The lowest BCUT2D eigenvalue weighted by molar-refractivity contribution is -0.120. The Morgan fingerprint density at radius 1 is 1.65 bits per heavy atom. The second-order valence-electron chi connectivity index (χ2n) is 3.37. The van der Waals surface area contributed by atoms with Gasteiger partial charge in [-0.1, -0.05) is 18.8 Å². The van der Waals surface area contributed by atoms with E-state index in [0.29, 0.717) is 12.0 Å². The number of hydrogen-bond donors (Lipinski definition) is 2. The molecule has 1 amide bonds. The van der Waals surface area contributed by atoms with Crippen molar-refractivity contribution < 1.29 is 4.79 Å². The number of nitrogens with one attached hydrogen (secondary N) is 1. The Morgan fingerprint density at radius 2 is 2.35 bits per heavy atom. The SMILES string of the molecule is CCC(=O)NCC#Cc1cn(C)c(=O)nc1N. The highest BCUT2D eigenvalue weighted by atomic mass is 16.1. The molecule has 1 aromatic rings. The summed E-state index contributed by atoms with van der Waals surface area (Å²) < 4.78 is 1.30. The first-order valence-corrected chi connectivity index (χ1v) is 5.13. The summed E-state index contributed by atoms with van der Waals surface area (Å²) in [6, 6.07) is 0. The van der Waals surface area contributed by atoms with Crippen LogP contribution in [0.5, 0.6) is 0 Å². The molecular formula is C11H14N4O2. The number of carbonyl (C=O) groups excluding carboxylic acids is 1. The number of carbonyl (C=O) groups is 1. The molecule has 0 saturated heterocycles. The van der Waals surface area contributed by atoms with E-state index in [2.05, 4.69) is 22.1 Å². The van der Waals surface area contributed by atoms with Crippen LogP contribution in [0, 0.1) is 11.8 Å². The van der Waals surface area contributed by atoms with E-state index in [4.69, 9.17) is 5.73 Å². The van der Waals surface area contributed by atoms with E-state index in [1.54, 1.807) is 14.0 Å². The monoisotopic (exact) mass is 234 g/mol. The smallest absolute Gasteiger partial charge is 0.349 e.